The topological polar surface area (TPSA) is 195 Å². The SMILES string of the molecule is O=C(O)CC[C@H](NC(=O)[C@H](CCC(=O)O)NC(=O)c1ccc(N=Nc2ccccc2)cc1)C(=O)O. The Kier molecular flexibility index (Phi) is 10.0. The van der Waals surface area contributed by atoms with Gasteiger partial charge in [0.05, 0.1) is 11.4 Å². The molecule has 2 aromatic carbocycles. The molecule has 0 aliphatic heterocycles. The van der Waals surface area contributed by atoms with Crippen LogP contribution in [0.3, 0.4) is 0 Å². The van der Waals surface area contributed by atoms with Crippen LogP contribution in [0.25, 0.3) is 0 Å². The maximum absolute atomic E-state index is 12.6. The smallest absolute Gasteiger partial charge is 0.326 e. The van der Waals surface area contributed by atoms with E-state index in [1.807, 2.05) is 18.2 Å². The Morgan fingerprint density at radius 2 is 1.20 bits per heavy atom. The first-order valence-corrected chi connectivity index (χ1v) is 10.5. The molecular formula is C23H24N4O8. The number of rotatable bonds is 13. The van der Waals surface area contributed by atoms with Gasteiger partial charge < -0.3 is 26.0 Å². The van der Waals surface area contributed by atoms with Crippen LogP contribution in [0.15, 0.2) is 64.8 Å². The summed E-state index contributed by atoms with van der Waals surface area (Å²) in [5.41, 5.74) is 1.26. The molecule has 0 radical (unpaired) electrons. The number of hydrogen-bond donors (Lipinski definition) is 5. The van der Waals surface area contributed by atoms with Gasteiger partial charge >= 0.3 is 17.9 Å². The standard InChI is InChI=1S/C23H24N4O8/c28-19(29)12-10-17(22(33)25-18(23(34)35)11-13-20(30)31)24-21(32)14-6-8-16(9-7-14)27-26-15-4-2-1-3-5-15/h1-9,17-18H,10-13H2,(H,24,32)(H,25,33)(H,28,29)(H,30,31)(H,34,35)/t17-,18-/m0/s1. The molecule has 0 saturated heterocycles. The molecule has 0 aliphatic carbocycles. The Labute approximate surface area is 199 Å². The van der Waals surface area contributed by atoms with E-state index in [0.29, 0.717) is 11.4 Å². The van der Waals surface area contributed by atoms with Crippen molar-refractivity contribution in [2.75, 3.05) is 0 Å². The fraction of sp³-hybridized carbons (Fsp3) is 0.261. The predicted molar refractivity (Wildman–Crippen MR) is 122 cm³/mol. The number of carboxylic acids is 3. The van der Waals surface area contributed by atoms with Crippen molar-refractivity contribution in [1.29, 1.82) is 0 Å². The van der Waals surface area contributed by atoms with E-state index in [1.54, 1.807) is 12.1 Å². The number of azo groups is 1. The van der Waals surface area contributed by atoms with Crippen LogP contribution in [-0.4, -0.2) is 57.1 Å². The third kappa shape index (κ3) is 9.42. The highest BCUT2D eigenvalue weighted by atomic mass is 16.4. The molecule has 35 heavy (non-hydrogen) atoms. The summed E-state index contributed by atoms with van der Waals surface area (Å²) >= 11 is 0. The van der Waals surface area contributed by atoms with Gasteiger partial charge in [0.15, 0.2) is 0 Å². The molecule has 0 saturated carbocycles. The predicted octanol–water partition coefficient (Wildman–Crippen LogP) is 2.50. The molecule has 0 unspecified atom stereocenters. The summed E-state index contributed by atoms with van der Waals surface area (Å²) in [5, 5.41) is 39.6. The van der Waals surface area contributed by atoms with Crippen molar-refractivity contribution in [1.82, 2.24) is 10.6 Å². The Hall–Kier alpha value is -4.61. The first-order valence-electron chi connectivity index (χ1n) is 10.5. The monoisotopic (exact) mass is 484 g/mol. The van der Waals surface area contributed by atoms with Crippen molar-refractivity contribution in [2.24, 2.45) is 10.2 Å². The van der Waals surface area contributed by atoms with E-state index < -0.39 is 54.6 Å². The number of aliphatic carboxylic acids is 3. The quantitative estimate of drug-likeness (QED) is 0.267. The van der Waals surface area contributed by atoms with Crippen molar-refractivity contribution in [3.8, 4) is 0 Å². The van der Waals surface area contributed by atoms with Crippen LogP contribution in [0.4, 0.5) is 11.4 Å². The van der Waals surface area contributed by atoms with Crippen LogP contribution >= 0.6 is 0 Å². The first kappa shape index (κ1) is 26.6. The lowest BCUT2D eigenvalue weighted by Crippen LogP contribution is -2.51. The minimum Gasteiger partial charge on any atom is -0.481 e. The van der Waals surface area contributed by atoms with Crippen molar-refractivity contribution < 1.29 is 39.3 Å². The van der Waals surface area contributed by atoms with E-state index in [2.05, 4.69) is 20.9 Å². The second kappa shape index (κ2) is 13.2. The minimum atomic E-state index is -1.52. The molecule has 5 N–H and O–H groups in total. The van der Waals surface area contributed by atoms with Gasteiger partial charge in [-0.1, -0.05) is 18.2 Å². The maximum Gasteiger partial charge on any atom is 0.326 e. The lowest BCUT2D eigenvalue weighted by atomic mass is 10.1. The highest BCUT2D eigenvalue weighted by Crippen LogP contribution is 2.18. The molecule has 2 atom stereocenters. The van der Waals surface area contributed by atoms with E-state index in [-0.39, 0.29) is 18.4 Å². The Morgan fingerprint density at radius 3 is 1.71 bits per heavy atom. The van der Waals surface area contributed by atoms with Crippen LogP contribution in [0.2, 0.25) is 0 Å². The van der Waals surface area contributed by atoms with E-state index >= 15 is 0 Å². The van der Waals surface area contributed by atoms with Crippen LogP contribution in [0, 0.1) is 0 Å². The number of amides is 2. The normalized spacial score (nSPS) is 12.5. The molecule has 0 aromatic heterocycles. The summed E-state index contributed by atoms with van der Waals surface area (Å²) in [5.74, 6) is -5.55. The van der Waals surface area contributed by atoms with Crippen molar-refractivity contribution in [2.45, 2.75) is 37.8 Å². The van der Waals surface area contributed by atoms with Gasteiger partial charge in [-0.05, 0) is 49.2 Å². The molecule has 0 spiro atoms. The van der Waals surface area contributed by atoms with Crippen molar-refractivity contribution in [3.63, 3.8) is 0 Å². The van der Waals surface area contributed by atoms with Crippen molar-refractivity contribution >= 4 is 41.1 Å². The van der Waals surface area contributed by atoms with E-state index in [1.165, 1.54) is 24.3 Å². The molecule has 12 heteroatoms. The summed E-state index contributed by atoms with van der Waals surface area (Å²) in [6.07, 6.45) is -1.65. The zero-order chi connectivity index (χ0) is 25.8. The van der Waals surface area contributed by atoms with Gasteiger partial charge in [0.2, 0.25) is 5.91 Å². The zero-order valence-electron chi connectivity index (χ0n) is 18.5. The number of benzene rings is 2. The number of carbonyl (C=O) groups excluding carboxylic acids is 2. The zero-order valence-corrected chi connectivity index (χ0v) is 18.5. The molecule has 0 heterocycles. The molecule has 0 bridgehead atoms. The third-order valence-corrected chi connectivity index (χ3v) is 4.70. The minimum absolute atomic E-state index is 0.150. The second-order valence-corrected chi connectivity index (χ2v) is 7.37. The molecule has 12 nitrogen and oxygen atoms in total. The molecule has 0 fully saturated rings. The molecule has 2 amide bonds. The third-order valence-electron chi connectivity index (χ3n) is 4.70. The van der Waals surface area contributed by atoms with Crippen molar-refractivity contribution in [3.05, 3.63) is 60.2 Å². The van der Waals surface area contributed by atoms with Gasteiger partial charge in [-0.3, -0.25) is 19.2 Å². The molecule has 2 aromatic rings. The van der Waals surface area contributed by atoms with E-state index in [0.717, 1.165) is 0 Å². The lowest BCUT2D eigenvalue weighted by molar-refractivity contribution is -0.143. The summed E-state index contributed by atoms with van der Waals surface area (Å²) < 4.78 is 0. The van der Waals surface area contributed by atoms with Crippen LogP contribution in [0.5, 0.6) is 0 Å². The highest BCUT2D eigenvalue weighted by Gasteiger charge is 2.27. The largest absolute Gasteiger partial charge is 0.481 e. The first-order chi connectivity index (χ1) is 16.7. The fourth-order valence-corrected chi connectivity index (χ4v) is 2.87. The molecule has 2 rings (SSSR count). The summed E-state index contributed by atoms with van der Waals surface area (Å²) in [6, 6.07) is 12.1. The van der Waals surface area contributed by atoms with Crippen LogP contribution in [-0.2, 0) is 19.2 Å². The van der Waals surface area contributed by atoms with Gasteiger partial charge in [-0.15, -0.1) is 0 Å². The fourth-order valence-electron chi connectivity index (χ4n) is 2.87. The number of nitrogens with one attached hydrogen (secondary N) is 2. The van der Waals surface area contributed by atoms with Gasteiger partial charge in [-0.2, -0.15) is 10.2 Å². The Bertz CT molecular complexity index is 1090. The number of nitrogens with zero attached hydrogens (tertiary/aromatic N) is 2. The molecule has 0 aliphatic rings. The average molecular weight is 484 g/mol. The highest BCUT2D eigenvalue weighted by molar-refractivity contribution is 5.98. The summed E-state index contributed by atoms with van der Waals surface area (Å²) in [7, 11) is 0. The van der Waals surface area contributed by atoms with E-state index in [9.17, 15) is 29.1 Å². The number of carbonyl (C=O) groups is 5. The van der Waals surface area contributed by atoms with Gasteiger partial charge in [0.25, 0.3) is 5.91 Å². The second-order valence-electron chi connectivity index (χ2n) is 7.37. The average Bonchev–Trinajstić information content (AvgIpc) is 2.83. The molecule has 184 valence electrons. The molecular weight excluding hydrogens is 460 g/mol. The Morgan fingerprint density at radius 1 is 0.686 bits per heavy atom. The van der Waals surface area contributed by atoms with E-state index in [4.69, 9.17) is 10.2 Å². The van der Waals surface area contributed by atoms with Gasteiger partial charge in [0.1, 0.15) is 12.1 Å². The summed E-state index contributed by atoms with van der Waals surface area (Å²) in [4.78, 5) is 58.3. The van der Waals surface area contributed by atoms with Gasteiger partial charge in [-0.25, -0.2) is 4.79 Å². The van der Waals surface area contributed by atoms with Crippen LogP contribution in [0.1, 0.15) is 36.0 Å². The summed E-state index contributed by atoms with van der Waals surface area (Å²) in [6.45, 7) is 0. The maximum atomic E-state index is 12.6. The van der Waals surface area contributed by atoms with Gasteiger partial charge in [0, 0.05) is 18.4 Å². The Balaban J connectivity index is 2.08. The number of carboxylic acid groups (broad SMARTS) is 3. The number of hydrogen-bond acceptors (Lipinski definition) is 7. The van der Waals surface area contributed by atoms with Crippen LogP contribution < -0.4 is 10.6 Å². The lowest BCUT2D eigenvalue weighted by Gasteiger charge is -2.21.